The lowest BCUT2D eigenvalue weighted by molar-refractivity contribution is -0.697. The Kier molecular flexibility index (Phi) is 8.05. The van der Waals surface area contributed by atoms with Crippen molar-refractivity contribution < 1.29 is 14.1 Å². The molecular formula is C20H25N2O2S+. The molecule has 0 spiro atoms. The van der Waals surface area contributed by atoms with Gasteiger partial charge >= 0.3 is 0 Å². The van der Waals surface area contributed by atoms with Crippen molar-refractivity contribution in [2.45, 2.75) is 19.4 Å². The maximum Gasteiger partial charge on any atom is 0.220 e. The average molecular weight is 357 g/mol. The number of carbonyl (C=O) groups excluding carboxylic acids is 1. The van der Waals surface area contributed by atoms with Crippen LogP contribution in [-0.2, 0) is 11.3 Å². The number of para-hydroxylation sites is 1. The molecule has 0 aliphatic heterocycles. The molecule has 0 radical (unpaired) electrons. The molecule has 1 aromatic carbocycles. The van der Waals surface area contributed by atoms with Crippen LogP contribution >= 0.6 is 12.6 Å². The van der Waals surface area contributed by atoms with Gasteiger partial charge in [-0.25, -0.2) is 4.57 Å². The number of benzene rings is 1. The second-order valence-corrected chi connectivity index (χ2v) is 6.07. The zero-order valence-electron chi connectivity index (χ0n) is 14.5. The van der Waals surface area contributed by atoms with Gasteiger partial charge in [0.1, 0.15) is 12.3 Å². The minimum absolute atomic E-state index is 0.0889. The summed E-state index contributed by atoms with van der Waals surface area (Å²) in [4.78, 5) is 11.5. The summed E-state index contributed by atoms with van der Waals surface area (Å²) in [6.45, 7) is 1.45. The summed E-state index contributed by atoms with van der Waals surface area (Å²) >= 11 is 4.07. The van der Waals surface area contributed by atoms with E-state index in [-0.39, 0.29) is 5.91 Å². The summed E-state index contributed by atoms with van der Waals surface area (Å²) in [7, 11) is 1.68. The van der Waals surface area contributed by atoms with Crippen molar-refractivity contribution in [3.63, 3.8) is 0 Å². The van der Waals surface area contributed by atoms with Gasteiger partial charge in [0.25, 0.3) is 0 Å². The largest absolute Gasteiger partial charge is 0.496 e. The van der Waals surface area contributed by atoms with E-state index in [1.165, 1.54) is 0 Å². The molecule has 0 saturated heterocycles. The van der Waals surface area contributed by atoms with E-state index in [1.54, 1.807) is 7.11 Å². The summed E-state index contributed by atoms with van der Waals surface area (Å²) in [5.74, 6) is 1.62. The Morgan fingerprint density at radius 3 is 2.68 bits per heavy atom. The van der Waals surface area contributed by atoms with Crippen LogP contribution in [0.1, 0.15) is 24.0 Å². The quantitative estimate of drug-likeness (QED) is 0.535. The van der Waals surface area contributed by atoms with Gasteiger partial charge < -0.3 is 10.1 Å². The SMILES string of the molecule is COc1ccccc1/C=C/c1cc[n+](CCCC(=O)NCCS)cc1. The molecule has 1 aromatic heterocycles. The van der Waals surface area contributed by atoms with Gasteiger partial charge in [-0.1, -0.05) is 30.4 Å². The van der Waals surface area contributed by atoms with Crippen molar-refractivity contribution in [2.75, 3.05) is 19.4 Å². The maximum absolute atomic E-state index is 11.5. The molecule has 2 aromatic rings. The molecule has 1 heterocycles. The lowest BCUT2D eigenvalue weighted by Crippen LogP contribution is -2.33. The highest BCUT2D eigenvalue weighted by Crippen LogP contribution is 2.19. The Balaban J connectivity index is 1.85. The summed E-state index contributed by atoms with van der Waals surface area (Å²) in [6.07, 6.45) is 9.54. The Bertz CT molecular complexity index is 699. The van der Waals surface area contributed by atoms with E-state index in [0.29, 0.717) is 18.7 Å². The van der Waals surface area contributed by atoms with Crippen LogP contribution in [0.25, 0.3) is 12.2 Å². The Morgan fingerprint density at radius 1 is 1.20 bits per heavy atom. The first kappa shape index (κ1) is 19.1. The summed E-state index contributed by atoms with van der Waals surface area (Å²) in [5, 5.41) is 2.83. The number of methoxy groups -OCH3 is 1. The van der Waals surface area contributed by atoms with Crippen molar-refractivity contribution >= 4 is 30.7 Å². The van der Waals surface area contributed by atoms with E-state index in [1.807, 2.05) is 42.7 Å². The fourth-order valence-corrected chi connectivity index (χ4v) is 2.54. The van der Waals surface area contributed by atoms with E-state index in [9.17, 15) is 4.79 Å². The zero-order valence-corrected chi connectivity index (χ0v) is 15.4. The van der Waals surface area contributed by atoms with Crippen LogP contribution in [0.5, 0.6) is 5.75 Å². The molecule has 0 saturated carbocycles. The first-order chi connectivity index (χ1) is 12.2. The van der Waals surface area contributed by atoms with Crippen LogP contribution < -0.4 is 14.6 Å². The fourth-order valence-electron chi connectivity index (χ4n) is 2.43. The van der Waals surface area contributed by atoms with E-state index >= 15 is 0 Å². The minimum Gasteiger partial charge on any atom is -0.496 e. The minimum atomic E-state index is 0.0889. The standard InChI is InChI=1S/C20H24N2O2S/c1-24-19-6-3-2-5-18(19)9-8-17-10-14-22(15-11-17)13-4-7-20(23)21-12-16-25/h2-3,5-6,8-11,14-15H,4,7,12-13,16H2,1H3,(H-,21,23,25)/p+1/b9-8+. The van der Waals surface area contributed by atoms with Crippen molar-refractivity contribution in [3.05, 3.63) is 59.9 Å². The first-order valence-electron chi connectivity index (χ1n) is 8.40. The van der Waals surface area contributed by atoms with Crippen LogP contribution in [0.3, 0.4) is 0 Å². The molecule has 0 bridgehead atoms. The van der Waals surface area contributed by atoms with Gasteiger partial charge in [-0.15, -0.1) is 0 Å². The molecule has 0 fully saturated rings. The van der Waals surface area contributed by atoms with E-state index < -0.39 is 0 Å². The fraction of sp³-hybridized carbons (Fsp3) is 0.300. The number of aryl methyl sites for hydroxylation is 1. The van der Waals surface area contributed by atoms with Gasteiger partial charge in [-0.2, -0.15) is 12.6 Å². The van der Waals surface area contributed by atoms with Crippen molar-refractivity contribution in [1.82, 2.24) is 5.32 Å². The summed E-state index contributed by atoms with van der Waals surface area (Å²) in [6, 6.07) is 12.1. The molecule has 5 heteroatoms. The topological polar surface area (TPSA) is 42.2 Å². The number of nitrogens with one attached hydrogen (secondary N) is 1. The van der Waals surface area contributed by atoms with Crippen LogP contribution in [0, 0.1) is 0 Å². The van der Waals surface area contributed by atoms with Crippen LogP contribution in [0.4, 0.5) is 0 Å². The van der Waals surface area contributed by atoms with Gasteiger partial charge in [0.2, 0.25) is 5.91 Å². The van der Waals surface area contributed by atoms with Gasteiger partial charge in [0.05, 0.1) is 7.11 Å². The molecular weight excluding hydrogens is 332 g/mol. The lowest BCUT2D eigenvalue weighted by Gasteiger charge is -2.03. The van der Waals surface area contributed by atoms with Crippen molar-refractivity contribution in [3.8, 4) is 5.75 Å². The molecule has 25 heavy (non-hydrogen) atoms. The summed E-state index contributed by atoms with van der Waals surface area (Å²) in [5.41, 5.74) is 2.17. The highest BCUT2D eigenvalue weighted by molar-refractivity contribution is 7.80. The number of nitrogens with zero attached hydrogens (tertiary/aromatic N) is 1. The molecule has 0 aliphatic rings. The second-order valence-electron chi connectivity index (χ2n) is 5.62. The second kappa shape index (κ2) is 10.6. The van der Waals surface area contributed by atoms with E-state index in [2.05, 4.69) is 40.7 Å². The third-order valence-electron chi connectivity index (χ3n) is 3.77. The van der Waals surface area contributed by atoms with Crippen molar-refractivity contribution in [2.24, 2.45) is 0 Å². The Morgan fingerprint density at radius 2 is 1.96 bits per heavy atom. The molecule has 1 amide bonds. The van der Waals surface area contributed by atoms with Crippen LogP contribution in [0.15, 0.2) is 48.8 Å². The number of rotatable bonds is 9. The number of amides is 1. The number of hydrogen-bond donors (Lipinski definition) is 2. The third kappa shape index (κ3) is 6.63. The third-order valence-corrected chi connectivity index (χ3v) is 3.99. The smallest absolute Gasteiger partial charge is 0.220 e. The van der Waals surface area contributed by atoms with Gasteiger partial charge in [-0.3, -0.25) is 4.79 Å². The zero-order chi connectivity index (χ0) is 17.9. The van der Waals surface area contributed by atoms with Gasteiger partial charge in [-0.05, 0) is 11.6 Å². The van der Waals surface area contributed by atoms with Crippen LogP contribution in [0.2, 0.25) is 0 Å². The van der Waals surface area contributed by atoms with Gasteiger partial charge in [0, 0.05) is 42.8 Å². The molecule has 0 unspecified atom stereocenters. The highest BCUT2D eigenvalue weighted by Gasteiger charge is 2.04. The van der Waals surface area contributed by atoms with E-state index in [4.69, 9.17) is 4.74 Å². The maximum atomic E-state index is 11.5. The molecule has 0 aliphatic carbocycles. The predicted molar refractivity (Wildman–Crippen MR) is 105 cm³/mol. The number of hydrogen-bond acceptors (Lipinski definition) is 3. The number of ether oxygens (including phenoxy) is 1. The number of pyridine rings is 1. The predicted octanol–water partition coefficient (Wildman–Crippen LogP) is 2.98. The molecule has 1 N–H and O–H groups in total. The molecule has 4 nitrogen and oxygen atoms in total. The molecule has 132 valence electrons. The number of carbonyl (C=O) groups is 1. The number of aromatic nitrogens is 1. The summed E-state index contributed by atoms with van der Waals surface area (Å²) < 4.78 is 7.44. The average Bonchev–Trinajstić information content (AvgIpc) is 2.66. The van der Waals surface area contributed by atoms with Crippen molar-refractivity contribution in [1.29, 1.82) is 0 Å². The van der Waals surface area contributed by atoms with E-state index in [0.717, 1.165) is 29.8 Å². The normalized spacial score (nSPS) is 10.8. The molecule has 0 atom stereocenters. The highest BCUT2D eigenvalue weighted by atomic mass is 32.1. The molecule has 2 rings (SSSR count). The lowest BCUT2D eigenvalue weighted by atomic mass is 10.1. The first-order valence-corrected chi connectivity index (χ1v) is 9.04. The Labute approximate surface area is 154 Å². The number of thiol groups is 1. The van der Waals surface area contributed by atoms with Gasteiger partial charge in [0.15, 0.2) is 12.4 Å². The monoisotopic (exact) mass is 357 g/mol. The van der Waals surface area contributed by atoms with Crippen LogP contribution in [-0.4, -0.2) is 25.3 Å². The Hall–Kier alpha value is -2.27.